The highest BCUT2D eigenvalue weighted by atomic mass is 32.1. The summed E-state index contributed by atoms with van der Waals surface area (Å²) in [7, 11) is 0. The third kappa shape index (κ3) is 3.69. The highest BCUT2D eigenvalue weighted by Crippen LogP contribution is 2.29. The third-order valence-corrected chi connectivity index (χ3v) is 6.40. The number of furan rings is 1. The number of amides is 2. The number of thiophene rings is 1. The predicted molar refractivity (Wildman–Crippen MR) is 110 cm³/mol. The van der Waals surface area contributed by atoms with E-state index in [0.29, 0.717) is 6.54 Å². The molecule has 2 amide bonds. The van der Waals surface area contributed by atoms with Crippen LogP contribution in [-0.2, 0) is 22.6 Å². The molecule has 0 radical (unpaired) electrons. The van der Waals surface area contributed by atoms with Crippen LogP contribution in [0.2, 0.25) is 0 Å². The number of para-hydroxylation sites is 1. The lowest BCUT2D eigenvalue weighted by molar-refractivity contribution is -0.134. The van der Waals surface area contributed by atoms with Gasteiger partial charge in [-0.2, -0.15) is 0 Å². The zero-order valence-electron chi connectivity index (χ0n) is 16.2. The molecule has 0 bridgehead atoms. The first kappa shape index (κ1) is 18.7. The molecule has 6 heteroatoms. The standard InChI is InChI=1S/C22H24N2O3S/c1-14-17-5-3-4-6-18(17)27-22(14)15(2)23-20(25)7-8-21(26)24-11-9-19-16(13-24)10-12-28-19/h3-6,10,12,15H,7-9,11,13H2,1-2H3,(H,23,25). The van der Waals surface area contributed by atoms with E-state index in [2.05, 4.69) is 16.8 Å². The number of nitrogens with zero attached hydrogens (tertiary/aromatic N) is 1. The van der Waals surface area contributed by atoms with Crippen molar-refractivity contribution in [2.45, 2.75) is 45.7 Å². The van der Waals surface area contributed by atoms with Gasteiger partial charge in [0.15, 0.2) is 0 Å². The Hall–Kier alpha value is -2.60. The van der Waals surface area contributed by atoms with Crippen LogP contribution < -0.4 is 5.32 Å². The first-order chi connectivity index (χ1) is 13.5. The zero-order chi connectivity index (χ0) is 19.7. The van der Waals surface area contributed by atoms with E-state index in [0.717, 1.165) is 35.3 Å². The van der Waals surface area contributed by atoms with Crippen molar-refractivity contribution < 1.29 is 14.0 Å². The summed E-state index contributed by atoms with van der Waals surface area (Å²) in [4.78, 5) is 28.1. The summed E-state index contributed by atoms with van der Waals surface area (Å²) in [5, 5.41) is 6.10. The number of benzene rings is 1. The van der Waals surface area contributed by atoms with E-state index >= 15 is 0 Å². The highest BCUT2D eigenvalue weighted by Gasteiger charge is 2.23. The van der Waals surface area contributed by atoms with Crippen molar-refractivity contribution in [1.82, 2.24) is 10.2 Å². The lowest BCUT2D eigenvalue weighted by Crippen LogP contribution is -2.36. The third-order valence-electron chi connectivity index (χ3n) is 5.38. The molecule has 1 aliphatic rings. The summed E-state index contributed by atoms with van der Waals surface area (Å²) in [6, 6.07) is 9.70. The number of carbonyl (C=O) groups excluding carboxylic acids is 2. The average molecular weight is 397 g/mol. The fourth-order valence-corrected chi connectivity index (χ4v) is 4.72. The van der Waals surface area contributed by atoms with Gasteiger partial charge in [-0.05, 0) is 43.3 Å². The SMILES string of the molecule is Cc1c(C(C)NC(=O)CCC(=O)N2CCc3sccc3C2)oc2ccccc12. The van der Waals surface area contributed by atoms with Gasteiger partial charge in [0.05, 0.1) is 6.04 Å². The summed E-state index contributed by atoms with van der Waals surface area (Å²) < 4.78 is 5.92. The van der Waals surface area contributed by atoms with Gasteiger partial charge >= 0.3 is 0 Å². The molecular formula is C22H24N2O3S. The maximum atomic E-state index is 12.5. The van der Waals surface area contributed by atoms with Crippen molar-refractivity contribution in [2.24, 2.45) is 0 Å². The monoisotopic (exact) mass is 396 g/mol. The molecule has 28 heavy (non-hydrogen) atoms. The fraction of sp³-hybridized carbons (Fsp3) is 0.364. The second kappa shape index (κ2) is 7.80. The minimum atomic E-state index is -0.238. The van der Waals surface area contributed by atoms with Gasteiger partial charge in [0.1, 0.15) is 11.3 Å². The molecular weight excluding hydrogens is 372 g/mol. The van der Waals surface area contributed by atoms with Gasteiger partial charge in [0.25, 0.3) is 0 Å². The highest BCUT2D eigenvalue weighted by molar-refractivity contribution is 7.10. The van der Waals surface area contributed by atoms with Crippen LogP contribution in [0.3, 0.4) is 0 Å². The average Bonchev–Trinajstić information content (AvgIpc) is 3.30. The van der Waals surface area contributed by atoms with Crippen molar-refractivity contribution in [3.8, 4) is 0 Å². The van der Waals surface area contributed by atoms with Gasteiger partial charge in [-0.25, -0.2) is 0 Å². The Morgan fingerprint density at radius 1 is 1.25 bits per heavy atom. The number of carbonyl (C=O) groups is 2. The van der Waals surface area contributed by atoms with E-state index in [1.165, 1.54) is 10.4 Å². The Morgan fingerprint density at radius 3 is 2.89 bits per heavy atom. The van der Waals surface area contributed by atoms with Crippen LogP contribution >= 0.6 is 11.3 Å². The van der Waals surface area contributed by atoms with Gasteiger partial charge in [-0.1, -0.05) is 18.2 Å². The summed E-state index contributed by atoms with van der Waals surface area (Å²) in [5.74, 6) is 0.676. The minimum absolute atomic E-state index is 0.0413. The van der Waals surface area contributed by atoms with E-state index < -0.39 is 0 Å². The van der Waals surface area contributed by atoms with E-state index in [1.807, 2.05) is 43.0 Å². The quantitative estimate of drug-likeness (QED) is 0.698. The summed E-state index contributed by atoms with van der Waals surface area (Å²) in [6.07, 6.45) is 1.33. The number of rotatable bonds is 5. The van der Waals surface area contributed by atoms with Crippen LogP contribution in [0.4, 0.5) is 0 Å². The molecule has 3 heterocycles. The van der Waals surface area contributed by atoms with E-state index in [-0.39, 0.29) is 30.7 Å². The van der Waals surface area contributed by atoms with Crippen molar-refractivity contribution in [1.29, 1.82) is 0 Å². The second-order valence-corrected chi connectivity index (χ2v) is 8.31. The number of fused-ring (bicyclic) bond motifs is 2. The minimum Gasteiger partial charge on any atom is -0.459 e. The number of hydrogen-bond acceptors (Lipinski definition) is 4. The Balaban J connectivity index is 1.31. The van der Waals surface area contributed by atoms with Crippen LogP contribution in [0, 0.1) is 6.92 Å². The molecule has 2 aromatic heterocycles. The van der Waals surface area contributed by atoms with E-state index in [1.54, 1.807) is 11.3 Å². The molecule has 4 rings (SSSR count). The molecule has 5 nitrogen and oxygen atoms in total. The van der Waals surface area contributed by atoms with E-state index in [9.17, 15) is 9.59 Å². The van der Waals surface area contributed by atoms with E-state index in [4.69, 9.17) is 4.42 Å². The number of hydrogen-bond donors (Lipinski definition) is 1. The van der Waals surface area contributed by atoms with Crippen molar-refractivity contribution in [3.63, 3.8) is 0 Å². The van der Waals surface area contributed by atoms with Crippen molar-refractivity contribution >= 4 is 34.1 Å². The Labute approximate surface area is 168 Å². The molecule has 146 valence electrons. The zero-order valence-corrected chi connectivity index (χ0v) is 17.0. The topological polar surface area (TPSA) is 62.6 Å². The lowest BCUT2D eigenvalue weighted by atomic mass is 10.1. The van der Waals surface area contributed by atoms with Crippen LogP contribution in [0.25, 0.3) is 11.0 Å². The molecule has 1 aromatic carbocycles. The summed E-state index contributed by atoms with van der Waals surface area (Å²) in [6.45, 7) is 5.31. The van der Waals surface area contributed by atoms with Crippen molar-refractivity contribution in [2.75, 3.05) is 6.54 Å². The first-order valence-corrected chi connectivity index (χ1v) is 10.5. The molecule has 1 unspecified atom stereocenters. The summed E-state index contributed by atoms with van der Waals surface area (Å²) >= 11 is 1.75. The van der Waals surface area contributed by atoms with Gasteiger partial charge in [-0.15, -0.1) is 11.3 Å². The lowest BCUT2D eigenvalue weighted by Gasteiger charge is -2.27. The van der Waals surface area contributed by atoms with Crippen LogP contribution in [-0.4, -0.2) is 23.3 Å². The van der Waals surface area contributed by atoms with Crippen LogP contribution in [0.1, 0.15) is 47.6 Å². The van der Waals surface area contributed by atoms with Gasteiger partial charge in [0.2, 0.25) is 11.8 Å². The number of nitrogens with one attached hydrogen (secondary N) is 1. The molecule has 1 N–H and O–H groups in total. The van der Waals surface area contributed by atoms with Crippen molar-refractivity contribution in [3.05, 3.63) is 57.5 Å². The molecule has 0 spiro atoms. The van der Waals surface area contributed by atoms with Crippen LogP contribution in [0.15, 0.2) is 40.1 Å². The molecule has 0 saturated heterocycles. The molecule has 3 aromatic rings. The van der Waals surface area contributed by atoms with Crippen LogP contribution in [0.5, 0.6) is 0 Å². The normalized spacial score (nSPS) is 14.7. The smallest absolute Gasteiger partial charge is 0.223 e. The molecule has 1 aliphatic heterocycles. The predicted octanol–water partition coefficient (Wildman–Crippen LogP) is 4.35. The molecule has 1 atom stereocenters. The molecule has 0 aliphatic carbocycles. The second-order valence-electron chi connectivity index (χ2n) is 7.31. The van der Waals surface area contributed by atoms with Gasteiger partial charge in [0, 0.05) is 41.8 Å². The molecule has 0 fully saturated rings. The maximum Gasteiger partial charge on any atom is 0.223 e. The Kier molecular flexibility index (Phi) is 5.22. The Bertz CT molecular complexity index is 1020. The molecule has 0 saturated carbocycles. The number of aryl methyl sites for hydroxylation is 1. The first-order valence-electron chi connectivity index (χ1n) is 9.63. The van der Waals surface area contributed by atoms with Gasteiger partial charge in [-0.3, -0.25) is 9.59 Å². The van der Waals surface area contributed by atoms with Gasteiger partial charge < -0.3 is 14.6 Å². The maximum absolute atomic E-state index is 12.5. The summed E-state index contributed by atoms with van der Waals surface area (Å²) in [5.41, 5.74) is 3.10. The fourth-order valence-electron chi connectivity index (χ4n) is 3.83. The largest absolute Gasteiger partial charge is 0.459 e. The Morgan fingerprint density at radius 2 is 2.07 bits per heavy atom.